The Labute approximate surface area is 149 Å². The summed E-state index contributed by atoms with van der Waals surface area (Å²) < 4.78 is 45.6. The van der Waals surface area contributed by atoms with Crippen LogP contribution in [-0.2, 0) is 10.9 Å². The van der Waals surface area contributed by atoms with Crippen molar-refractivity contribution in [1.82, 2.24) is 10.3 Å². The van der Waals surface area contributed by atoms with Gasteiger partial charge in [0.2, 0.25) is 0 Å². The molecular formula is C19H21F3N2O2. The third kappa shape index (κ3) is 3.98. The van der Waals surface area contributed by atoms with Gasteiger partial charge in [0.25, 0.3) is 5.91 Å². The van der Waals surface area contributed by atoms with E-state index in [4.69, 9.17) is 4.74 Å². The Kier molecular flexibility index (Phi) is 5.18. The SMILES string of the molecule is COCCCNC(=O)c1cc(C)c2cc(C3CC3)cc(C(F)(F)F)c2n1. The Hall–Kier alpha value is -2.15. The molecule has 140 valence electrons. The number of ether oxygens (including phenoxy) is 1. The van der Waals surface area contributed by atoms with Crippen LogP contribution in [-0.4, -0.2) is 31.2 Å². The zero-order valence-electron chi connectivity index (χ0n) is 14.7. The van der Waals surface area contributed by atoms with Gasteiger partial charge in [-0.05, 0) is 61.4 Å². The van der Waals surface area contributed by atoms with Gasteiger partial charge >= 0.3 is 6.18 Å². The molecule has 1 aromatic heterocycles. The lowest BCUT2D eigenvalue weighted by Gasteiger charge is -2.15. The fourth-order valence-electron chi connectivity index (χ4n) is 3.01. The monoisotopic (exact) mass is 366 g/mol. The molecule has 1 amide bonds. The molecule has 0 saturated heterocycles. The van der Waals surface area contributed by atoms with Crippen LogP contribution in [0.2, 0.25) is 0 Å². The van der Waals surface area contributed by atoms with Crippen LogP contribution in [0, 0.1) is 6.92 Å². The van der Waals surface area contributed by atoms with Crippen molar-refractivity contribution < 1.29 is 22.7 Å². The summed E-state index contributed by atoms with van der Waals surface area (Å²) in [6, 6.07) is 4.52. The van der Waals surface area contributed by atoms with Gasteiger partial charge in [-0.15, -0.1) is 0 Å². The van der Waals surface area contributed by atoms with Gasteiger partial charge in [0.05, 0.1) is 11.1 Å². The largest absolute Gasteiger partial charge is 0.418 e. The molecule has 3 rings (SSSR count). The first kappa shape index (κ1) is 18.6. The van der Waals surface area contributed by atoms with Gasteiger partial charge in [0, 0.05) is 25.6 Å². The number of pyridine rings is 1. The molecule has 1 aliphatic carbocycles. The lowest BCUT2D eigenvalue weighted by Crippen LogP contribution is -2.26. The molecule has 0 bridgehead atoms. The summed E-state index contributed by atoms with van der Waals surface area (Å²) in [6.45, 7) is 2.58. The number of fused-ring (bicyclic) bond motifs is 1. The van der Waals surface area contributed by atoms with Crippen LogP contribution in [0.1, 0.15) is 52.4 Å². The molecule has 0 aliphatic heterocycles. The third-order valence-electron chi connectivity index (χ3n) is 4.54. The van der Waals surface area contributed by atoms with E-state index in [1.54, 1.807) is 26.2 Å². The average Bonchev–Trinajstić information content (AvgIpc) is 3.42. The summed E-state index contributed by atoms with van der Waals surface area (Å²) in [5, 5.41) is 3.12. The Morgan fingerprint density at radius 3 is 2.65 bits per heavy atom. The van der Waals surface area contributed by atoms with E-state index in [-0.39, 0.29) is 17.1 Å². The highest BCUT2D eigenvalue weighted by Crippen LogP contribution is 2.44. The van der Waals surface area contributed by atoms with E-state index >= 15 is 0 Å². The van der Waals surface area contributed by atoms with Crippen molar-refractivity contribution in [3.63, 3.8) is 0 Å². The summed E-state index contributed by atoms with van der Waals surface area (Å²) in [5.41, 5.74) is 0.381. The lowest BCUT2D eigenvalue weighted by molar-refractivity contribution is -0.136. The van der Waals surface area contributed by atoms with E-state index in [0.29, 0.717) is 36.1 Å². The number of carbonyl (C=O) groups is 1. The summed E-state index contributed by atoms with van der Waals surface area (Å²) in [7, 11) is 1.56. The van der Waals surface area contributed by atoms with Crippen molar-refractivity contribution >= 4 is 16.8 Å². The molecule has 1 N–H and O–H groups in total. The number of hydrogen-bond acceptors (Lipinski definition) is 3. The number of carbonyl (C=O) groups excluding carboxylic acids is 1. The number of nitrogens with one attached hydrogen (secondary N) is 1. The van der Waals surface area contributed by atoms with E-state index in [0.717, 1.165) is 12.8 Å². The summed E-state index contributed by atoms with van der Waals surface area (Å²) >= 11 is 0. The lowest BCUT2D eigenvalue weighted by atomic mass is 9.98. The van der Waals surface area contributed by atoms with Gasteiger partial charge in [-0.1, -0.05) is 0 Å². The van der Waals surface area contributed by atoms with Gasteiger partial charge in [0.15, 0.2) is 0 Å². The molecule has 1 aliphatic rings. The second-order valence-electron chi connectivity index (χ2n) is 6.66. The van der Waals surface area contributed by atoms with Gasteiger partial charge in [-0.3, -0.25) is 4.79 Å². The zero-order chi connectivity index (χ0) is 18.9. The Bertz CT molecular complexity index is 830. The van der Waals surface area contributed by atoms with Crippen molar-refractivity contribution in [1.29, 1.82) is 0 Å². The topological polar surface area (TPSA) is 51.2 Å². The minimum atomic E-state index is -4.52. The fraction of sp³-hybridized carbons (Fsp3) is 0.474. The van der Waals surface area contributed by atoms with E-state index in [2.05, 4.69) is 10.3 Å². The zero-order valence-corrected chi connectivity index (χ0v) is 14.7. The molecule has 4 nitrogen and oxygen atoms in total. The number of nitrogens with zero attached hydrogens (tertiary/aromatic N) is 1. The highest BCUT2D eigenvalue weighted by atomic mass is 19.4. The summed E-state index contributed by atoms with van der Waals surface area (Å²) in [4.78, 5) is 16.3. The molecule has 1 saturated carbocycles. The smallest absolute Gasteiger partial charge is 0.385 e. The van der Waals surface area contributed by atoms with Crippen LogP contribution in [0.3, 0.4) is 0 Å². The minimum Gasteiger partial charge on any atom is -0.385 e. The predicted molar refractivity (Wildman–Crippen MR) is 92.3 cm³/mol. The molecule has 1 heterocycles. The van der Waals surface area contributed by atoms with Gasteiger partial charge in [-0.2, -0.15) is 13.2 Å². The number of alkyl halides is 3. The normalized spacial score (nSPS) is 14.7. The molecule has 26 heavy (non-hydrogen) atoms. The van der Waals surface area contributed by atoms with Crippen molar-refractivity contribution in [3.05, 3.63) is 40.6 Å². The fourth-order valence-corrected chi connectivity index (χ4v) is 3.01. The maximum Gasteiger partial charge on any atom is 0.418 e. The van der Waals surface area contributed by atoms with Crippen molar-refractivity contribution in [3.8, 4) is 0 Å². The van der Waals surface area contributed by atoms with Crippen LogP contribution in [0.4, 0.5) is 13.2 Å². The van der Waals surface area contributed by atoms with E-state index in [9.17, 15) is 18.0 Å². The van der Waals surface area contributed by atoms with Crippen LogP contribution >= 0.6 is 0 Å². The molecule has 0 spiro atoms. The van der Waals surface area contributed by atoms with Gasteiger partial charge < -0.3 is 10.1 Å². The van der Waals surface area contributed by atoms with Crippen molar-refractivity contribution in [2.45, 2.75) is 38.3 Å². The number of halogens is 3. The Morgan fingerprint density at radius 1 is 1.31 bits per heavy atom. The second kappa shape index (κ2) is 7.23. The first-order chi connectivity index (χ1) is 12.3. The first-order valence-corrected chi connectivity index (χ1v) is 8.61. The molecule has 7 heteroatoms. The Balaban J connectivity index is 2.00. The van der Waals surface area contributed by atoms with Crippen LogP contribution < -0.4 is 5.32 Å². The van der Waals surface area contributed by atoms with E-state index < -0.39 is 17.6 Å². The molecule has 1 aromatic carbocycles. The quantitative estimate of drug-likeness (QED) is 0.780. The summed E-state index contributed by atoms with van der Waals surface area (Å²) in [6.07, 6.45) is -2.07. The van der Waals surface area contributed by atoms with Crippen molar-refractivity contribution in [2.24, 2.45) is 0 Å². The highest BCUT2D eigenvalue weighted by molar-refractivity contribution is 5.96. The van der Waals surface area contributed by atoms with Gasteiger partial charge in [0.1, 0.15) is 5.69 Å². The second-order valence-corrected chi connectivity index (χ2v) is 6.66. The maximum absolute atomic E-state index is 13.6. The summed E-state index contributed by atoms with van der Waals surface area (Å²) in [5.74, 6) is -0.283. The number of hydrogen-bond donors (Lipinski definition) is 1. The number of aromatic nitrogens is 1. The molecule has 2 aromatic rings. The van der Waals surface area contributed by atoms with Gasteiger partial charge in [-0.25, -0.2) is 4.98 Å². The van der Waals surface area contributed by atoms with E-state index in [1.807, 2.05) is 0 Å². The van der Waals surface area contributed by atoms with E-state index in [1.165, 1.54) is 6.07 Å². The number of benzene rings is 1. The molecule has 0 atom stereocenters. The molecular weight excluding hydrogens is 345 g/mol. The Morgan fingerprint density at radius 2 is 2.04 bits per heavy atom. The minimum absolute atomic E-state index is 0.00270. The maximum atomic E-state index is 13.6. The average molecular weight is 366 g/mol. The third-order valence-corrected chi connectivity index (χ3v) is 4.54. The molecule has 0 radical (unpaired) electrons. The molecule has 0 unspecified atom stereocenters. The highest BCUT2D eigenvalue weighted by Gasteiger charge is 2.36. The standard InChI is InChI=1S/C19H21F3N2O2/c1-11-8-16(18(25)23-6-3-7-26-2)24-17-14(11)9-13(12-4-5-12)10-15(17)19(20,21)22/h8-10,12H,3-7H2,1-2H3,(H,23,25). The van der Waals surface area contributed by atoms with Crippen molar-refractivity contribution in [2.75, 3.05) is 20.3 Å². The predicted octanol–water partition coefficient (Wildman–Crippen LogP) is 4.21. The number of rotatable bonds is 6. The van der Waals surface area contributed by atoms with Crippen LogP contribution in [0.25, 0.3) is 10.9 Å². The van der Waals surface area contributed by atoms with Crippen LogP contribution in [0.15, 0.2) is 18.2 Å². The number of methoxy groups -OCH3 is 1. The number of aryl methyl sites for hydroxylation is 1. The molecule has 1 fully saturated rings. The number of amides is 1. The first-order valence-electron chi connectivity index (χ1n) is 8.61. The van der Waals surface area contributed by atoms with Crippen LogP contribution in [0.5, 0.6) is 0 Å².